The van der Waals surface area contributed by atoms with Crippen molar-refractivity contribution in [1.29, 1.82) is 0 Å². The monoisotopic (exact) mass is 217 g/mol. The SMILES string of the molecule is C[N+](C)(C)CC(=O)O.[O-][Cl+3]([O-])([O-])[O-]. The summed E-state index contributed by atoms with van der Waals surface area (Å²) in [4.78, 5) is 10.00. The minimum Gasteiger partial charge on any atom is -0.477 e. The molecule has 0 rings (SSSR count). The van der Waals surface area contributed by atoms with Crippen LogP contribution < -0.4 is 18.6 Å². The van der Waals surface area contributed by atoms with Gasteiger partial charge in [-0.25, -0.2) is 23.4 Å². The molecule has 0 aromatic heterocycles. The molecule has 13 heavy (non-hydrogen) atoms. The standard InChI is InChI=1S/C5H11NO2.ClHO4/c1-6(2,3)4-5(7)8;2-1(3,4)5/h4H2,1-3H3;(H,2,3,4,5). The first kappa shape index (κ1) is 15.1. The Kier molecular flexibility index (Phi) is 6.16. The molecule has 1 N–H and O–H groups in total. The second-order valence-electron chi connectivity index (χ2n) is 3.22. The second kappa shape index (κ2) is 5.32. The summed E-state index contributed by atoms with van der Waals surface area (Å²) in [5.74, 6) is -0.752. The maximum Gasteiger partial charge on any atom is 0.359 e. The molecule has 7 nitrogen and oxygen atoms in total. The van der Waals surface area contributed by atoms with Crippen LogP contribution in [-0.2, 0) is 4.79 Å². The number of likely N-dealkylation sites (N-methyl/N-ethyl adjacent to an activating group) is 1. The molecule has 0 aromatic rings. The molecule has 0 aliphatic rings. The van der Waals surface area contributed by atoms with Crippen LogP contribution in [0, 0.1) is 10.2 Å². The molecule has 0 unspecified atom stereocenters. The van der Waals surface area contributed by atoms with Crippen molar-refractivity contribution >= 4 is 5.97 Å². The summed E-state index contributed by atoms with van der Waals surface area (Å²) in [5.41, 5.74) is 0. The number of rotatable bonds is 2. The summed E-state index contributed by atoms with van der Waals surface area (Å²) in [5, 5.41) is 8.23. The predicted octanol–water partition coefficient (Wildman–Crippen LogP) is -4.98. The van der Waals surface area contributed by atoms with Crippen molar-refractivity contribution in [3.05, 3.63) is 0 Å². The van der Waals surface area contributed by atoms with E-state index in [1.165, 1.54) is 0 Å². The molecule has 0 aliphatic carbocycles. The predicted molar refractivity (Wildman–Crippen MR) is 30.5 cm³/mol. The lowest BCUT2D eigenvalue weighted by atomic mass is 10.5. The number of carbonyl (C=O) groups is 1. The quantitative estimate of drug-likeness (QED) is 0.461. The molecule has 0 aliphatic heterocycles. The van der Waals surface area contributed by atoms with E-state index in [-0.39, 0.29) is 6.54 Å². The van der Waals surface area contributed by atoms with Gasteiger partial charge in [-0.1, -0.05) is 0 Å². The number of hydrogen-bond donors (Lipinski definition) is 1. The summed E-state index contributed by atoms with van der Waals surface area (Å²) in [7, 11) is 0.580. The van der Waals surface area contributed by atoms with Crippen LogP contribution in [0.15, 0.2) is 0 Å². The van der Waals surface area contributed by atoms with Crippen molar-refractivity contribution in [2.24, 2.45) is 0 Å². The molecular formula is C5H12ClNO6. The fourth-order valence-corrected chi connectivity index (χ4v) is 0.406. The summed E-state index contributed by atoms with van der Waals surface area (Å²) in [6.07, 6.45) is 0. The third-order valence-electron chi connectivity index (χ3n) is 0.610. The molecule has 0 atom stereocenters. The molecule has 0 spiro atoms. The van der Waals surface area contributed by atoms with E-state index in [0.717, 1.165) is 0 Å². The van der Waals surface area contributed by atoms with Gasteiger partial charge < -0.3 is 9.59 Å². The smallest absolute Gasteiger partial charge is 0.359 e. The molecule has 0 fully saturated rings. The van der Waals surface area contributed by atoms with Gasteiger partial charge in [0, 0.05) is 0 Å². The average Bonchev–Trinajstić information content (AvgIpc) is 1.47. The van der Waals surface area contributed by atoms with E-state index in [9.17, 15) is 4.79 Å². The van der Waals surface area contributed by atoms with Crippen molar-refractivity contribution in [3.8, 4) is 0 Å². The fraction of sp³-hybridized carbons (Fsp3) is 0.800. The fourth-order valence-electron chi connectivity index (χ4n) is 0.406. The normalized spacial score (nSPS) is 11.6. The van der Waals surface area contributed by atoms with E-state index in [1.54, 1.807) is 0 Å². The van der Waals surface area contributed by atoms with E-state index in [0.29, 0.717) is 4.48 Å². The van der Waals surface area contributed by atoms with Crippen LogP contribution in [0.3, 0.4) is 0 Å². The number of aliphatic carboxylic acids is 1. The van der Waals surface area contributed by atoms with Crippen LogP contribution in [0.1, 0.15) is 0 Å². The van der Waals surface area contributed by atoms with Crippen molar-refractivity contribution in [2.45, 2.75) is 0 Å². The molecule has 0 bridgehead atoms. The lowest BCUT2D eigenvalue weighted by Gasteiger charge is -2.20. The Morgan fingerprint density at radius 1 is 1.23 bits per heavy atom. The molecule has 80 valence electrons. The van der Waals surface area contributed by atoms with Crippen molar-refractivity contribution in [2.75, 3.05) is 27.7 Å². The van der Waals surface area contributed by atoms with Gasteiger partial charge >= 0.3 is 5.97 Å². The van der Waals surface area contributed by atoms with Crippen LogP contribution >= 0.6 is 0 Å². The van der Waals surface area contributed by atoms with Gasteiger partial charge in [0.1, 0.15) is 0 Å². The Bertz CT molecular complexity index is 153. The van der Waals surface area contributed by atoms with Gasteiger partial charge in [-0.05, 0) is 0 Å². The van der Waals surface area contributed by atoms with Crippen LogP contribution in [0.4, 0.5) is 0 Å². The van der Waals surface area contributed by atoms with Crippen LogP contribution in [0.5, 0.6) is 0 Å². The third-order valence-corrected chi connectivity index (χ3v) is 0.610. The zero-order valence-corrected chi connectivity index (χ0v) is 8.28. The van der Waals surface area contributed by atoms with Crippen molar-refractivity contribution in [1.82, 2.24) is 0 Å². The van der Waals surface area contributed by atoms with Gasteiger partial charge in [-0.2, -0.15) is 0 Å². The maximum absolute atomic E-state index is 10.00. The highest BCUT2D eigenvalue weighted by Gasteiger charge is 2.11. The first-order chi connectivity index (χ1) is 5.42. The van der Waals surface area contributed by atoms with Crippen LogP contribution in [0.2, 0.25) is 0 Å². The van der Waals surface area contributed by atoms with Gasteiger partial charge in [0.25, 0.3) is 0 Å². The molecule has 0 amide bonds. The van der Waals surface area contributed by atoms with E-state index in [1.807, 2.05) is 21.1 Å². The number of carboxylic acid groups (broad SMARTS) is 1. The van der Waals surface area contributed by atoms with Gasteiger partial charge in [0.2, 0.25) is 0 Å². The average molecular weight is 218 g/mol. The van der Waals surface area contributed by atoms with Crippen LogP contribution in [-0.4, -0.2) is 43.2 Å². The number of halogens is 1. The van der Waals surface area contributed by atoms with E-state index in [4.69, 9.17) is 23.7 Å². The highest BCUT2D eigenvalue weighted by molar-refractivity contribution is 5.67. The van der Waals surface area contributed by atoms with Gasteiger partial charge in [0.15, 0.2) is 6.54 Å². The first-order valence-electron chi connectivity index (χ1n) is 3.06. The molecule has 0 heterocycles. The topological polar surface area (TPSA) is 130 Å². The van der Waals surface area contributed by atoms with Gasteiger partial charge in [-0.3, -0.25) is 0 Å². The maximum atomic E-state index is 10.00. The van der Waals surface area contributed by atoms with Crippen LogP contribution in [0.25, 0.3) is 0 Å². The van der Waals surface area contributed by atoms with E-state index in [2.05, 4.69) is 0 Å². The Morgan fingerprint density at radius 3 is 1.46 bits per heavy atom. The number of carboxylic acids is 1. The lowest BCUT2D eigenvalue weighted by Crippen LogP contribution is -2.68. The summed E-state index contributed by atoms with van der Waals surface area (Å²) in [6.45, 7) is 0.181. The molecule has 0 radical (unpaired) electrons. The Morgan fingerprint density at radius 2 is 1.46 bits per heavy atom. The Labute approximate surface area is 77.8 Å². The minimum absolute atomic E-state index is 0.181. The van der Waals surface area contributed by atoms with E-state index >= 15 is 0 Å². The first-order valence-corrected chi connectivity index (χ1v) is 4.29. The highest BCUT2D eigenvalue weighted by Crippen LogP contribution is 1.86. The minimum atomic E-state index is -4.94. The zero-order valence-electron chi connectivity index (χ0n) is 7.52. The van der Waals surface area contributed by atoms with E-state index < -0.39 is 16.2 Å². The number of hydrogen-bond acceptors (Lipinski definition) is 5. The molecule has 0 aromatic carbocycles. The molecule has 0 saturated heterocycles. The third kappa shape index (κ3) is 50.8. The van der Waals surface area contributed by atoms with Crippen molar-refractivity contribution in [3.63, 3.8) is 0 Å². The molecule has 8 heteroatoms. The molecule has 0 saturated carbocycles. The largest absolute Gasteiger partial charge is 0.477 e. The van der Waals surface area contributed by atoms with Crippen molar-refractivity contribution < 1.29 is 43.3 Å². The van der Waals surface area contributed by atoms with Gasteiger partial charge in [0.05, 0.1) is 21.1 Å². The summed E-state index contributed by atoms with van der Waals surface area (Å²) >= 11 is 0. The number of quaternary nitrogens is 1. The lowest BCUT2D eigenvalue weighted by molar-refractivity contribution is -2.00. The zero-order chi connectivity index (χ0) is 11.3. The number of nitrogens with zero attached hydrogens (tertiary/aromatic N) is 1. The Hall–Kier alpha value is -0.440. The Balaban J connectivity index is 0. The molecular weight excluding hydrogens is 206 g/mol. The van der Waals surface area contributed by atoms with Gasteiger partial charge in [-0.15, -0.1) is 10.2 Å². The summed E-state index contributed by atoms with van der Waals surface area (Å²) < 4.78 is 34.5. The summed E-state index contributed by atoms with van der Waals surface area (Å²) in [6, 6.07) is 0. The second-order valence-corrected chi connectivity index (χ2v) is 3.98. The highest BCUT2D eigenvalue weighted by atomic mass is 35.7.